The van der Waals surface area contributed by atoms with Crippen molar-refractivity contribution in [1.29, 1.82) is 0 Å². The van der Waals surface area contributed by atoms with Crippen LogP contribution in [0.2, 0.25) is 0 Å². The molecule has 4 heteroatoms. The number of fused-ring (bicyclic) bond motifs is 2. The average molecular weight is 314 g/mol. The molecule has 2 bridgehead atoms. The van der Waals surface area contributed by atoms with E-state index in [0.717, 1.165) is 29.2 Å². The summed E-state index contributed by atoms with van der Waals surface area (Å²) in [5.41, 5.74) is 2.94. The Bertz CT molecular complexity index is 606. The monoisotopic (exact) mass is 314 g/mol. The molecule has 0 saturated heterocycles. The average Bonchev–Trinajstić information content (AvgIpc) is 3.13. The maximum atomic E-state index is 12.6. The molecule has 23 heavy (non-hydrogen) atoms. The highest BCUT2D eigenvalue weighted by molar-refractivity contribution is 5.96. The maximum absolute atomic E-state index is 12.6. The number of carbonyl (C=O) groups is 2. The van der Waals surface area contributed by atoms with Crippen molar-refractivity contribution in [2.24, 2.45) is 17.8 Å². The third-order valence-electron chi connectivity index (χ3n) is 5.56. The Balaban J connectivity index is 1.58. The number of nitrogens with one attached hydrogen (secondary N) is 1. The maximum Gasteiger partial charge on any atom is 0.243 e. The fraction of sp³-hybridized carbons (Fsp3) is 0.579. The molecule has 2 fully saturated rings. The molecule has 3 rings (SSSR count). The summed E-state index contributed by atoms with van der Waals surface area (Å²) < 4.78 is 0. The van der Waals surface area contributed by atoms with Gasteiger partial charge < -0.3 is 10.2 Å². The van der Waals surface area contributed by atoms with Crippen molar-refractivity contribution in [2.75, 3.05) is 18.9 Å². The molecular formula is C19H26N2O2. The van der Waals surface area contributed by atoms with Crippen LogP contribution in [0.3, 0.4) is 0 Å². The van der Waals surface area contributed by atoms with Crippen molar-refractivity contribution in [3.8, 4) is 0 Å². The van der Waals surface area contributed by atoms with Crippen LogP contribution in [0.25, 0.3) is 0 Å². The van der Waals surface area contributed by atoms with E-state index in [2.05, 4.69) is 5.32 Å². The number of carbonyl (C=O) groups excluding carboxylic acids is 2. The van der Waals surface area contributed by atoms with Crippen LogP contribution in [-0.4, -0.2) is 30.3 Å². The Kier molecular flexibility index (Phi) is 4.42. The predicted octanol–water partition coefficient (Wildman–Crippen LogP) is 3.14. The number of benzene rings is 1. The summed E-state index contributed by atoms with van der Waals surface area (Å²) in [7, 11) is 1.75. The first kappa shape index (κ1) is 16.0. The van der Waals surface area contributed by atoms with Gasteiger partial charge >= 0.3 is 0 Å². The minimum absolute atomic E-state index is 0.124. The van der Waals surface area contributed by atoms with Crippen molar-refractivity contribution in [2.45, 2.75) is 39.5 Å². The van der Waals surface area contributed by atoms with E-state index in [9.17, 15) is 9.59 Å². The summed E-state index contributed by atoms with van der Waals surface area (Å²) in [6.45, 7) is 4.08. The molecule has 2 aliphatic rings. The van der Waals surface area contributed by atoms with Gasteiger partial charge in [-0.2, -0.15) is 0 Å². The third kappa shape index (κ3) is 3.26. The zero-order valence-corrected chi connectivity index (χ0v) is 14.3. The van der Waals surface area contributed by atoms with Gasteiger partial charge in [-0.25, -0.2) is 0 Å². The summed E-state index contributed by atoms with van der Waals surface area (Å²) in [5, 5.41) is 2.96. The van der Waals surface area contributed by atoms with Crippen LogP contribution in [0, 0.1) is 31.6 Å². The number of hydrogen-bond acceptors (Lipinski definition) is 2. The molecule has 0 radical (unpaired) electrons. The van der Waals surface area contributed by atoms with Crippen molar-refractivity contribution < 1.29 is 9.59 Å². The van der Waals surface area contributed by atoms with Crippen LogP contribution in [0.4, 0.5) is 5.69 Å². The van der Waals surface area contributed by atoms with E-state index in [1.807, 2.05) is 32.0 Å². The Morgan fingerprint density at radius 2 is 1.87 bits per heavy atom. The first-order chi connectivity index (χ1) is 11.0. The summed E-state index contributed by atoms with van der Waals surface area (Å²) in [6.07, 6.45) is 4.69. The highest BCUT2D eigenvalue weighted by Gasteiger charge is 2.44. The minimum Gasteiger partial charge on any atom is -0.336 e. The van der Waals surface area contributed by atoms with Crippen LogP contribution in [-0.2, 0) is 9.59 Å². The lowest BCUT2D eigenvalue weighted by Crippen LogP contribution is -2.40. The molecule has 1 aromatic carbocycles. The standard InChI is InChI=1S/C19H26N2O2/c1-12-5-4-6-13(2)18(12)20-17(22)11-21(3)19(23)16-10-14-7-8-15(16)9-14/h4-6,14-16H,7-11H2,1-3H3,(H,20,22). The highest BCUT2D eigenvalue weighted by Crippen LogP contribution is 2.48. The van der Waals surface area contributed by atoms with Crippen molar-refractivity contribution >= 4 is 17.5 Å². The Hall–Kier alpha value is -1.84. The molecule has 2 amide bonds. The lowest BCUT2D eigenvalue weighted by Gasteiger charge is -2.26. The first-order valence-electron chi connectivity index (χ1n) is 8.56. The van der Waals surface area contributed by atoms with Gasteiger partial charge in [0.05, 0.1) is 6.54 Å². The molecule has 0 aliphatic heterocycles. The van der Waals surface area contributed by atoms with E-state index in [-0.39, 0.29) is 24.3 Å². The van der Waals surface area contributed by atoms with Crippen molar-refractivity contribution in [3.05, 3.63) is 29.3 Å². The zero-order chi connectivity index (χ0) is 16.6. The highest BCUT2D eigenvalue weighted by atomic mass is 16.2. The smallest absolute Gasteiger partial charge is 0.243 e. The molecule has 4 nitrogen and oxygen atoms in total. The number of aryl methyl sites for hydroxylation is 2. The molecule has 2 aliphatic carbocycles. The third-order valence-corrected chi connectivity index (χ3v) is 5.56. The number of amides is 2. The Morgan fingerprint density at radius 3 is 2.43 bits per heavy atom. The predicted molar refractivity (Wildman–Crippen MR) is 91.1 cm³/mol. The van der Waals surface area contributed by atoms with Crippen LogP contribution >= 0.6 is 0 Å². The second-order valence-electron chi connectivity index (χ2n) is 7.29. The van der Waals surface area contributed by atoms with E-state index in [1.54, 1.807) is 11.9 Å². The first-order valence-corrected chi connectivity index (χ1v) is 8.56. The number of rotatable bonds is 4. The summed E-state index contributed by atoms with van der Waals surface area (Å²) in [6, 6.07) is 5.94. The molecule has 1 N–H and O–H groups in total. The second kappa shape index (κ2) is 6.34. The van der Waals surface area contributed by atoms with Gasteiger partial charge in [-0.05, 0) is 56.1 Å². The van der Waals surface area contributed by atoms with Gasteiger partial charge in [0.25, 0.3) is 0 Å². The largest absolute Gasteiger partial charge is 0.336 e. The quantitative estimate of drug-likeness (QED) is 0.928. The second-order valence-corrected chi connectivity index (χ2v) is 7.29. The van der Waals surface area contributed by atoms with E-state index < -0.39 is 0 Å². The van der Waals surface area contributed by atoms with Crippen molar-refractivity contribution in [3.63, 3.8) is 0 Å². The molecule has 124 valence electrons. The molecule has 3 unspecified atom stereocenters. The fourth-order valence-corrected chi connectivity index (χ4v) is 4.31. The molecular weight excluding hydrogens is 288 g/mol. The molecule has 0 spiro atoms. The number of nitrogens with zero attached hydrogens (tertiary/aromatic N) is 1. The van der Waals surface area contributed by atoms with Gasteiger partial charge in [-0.3, -0.25) is 9.59 Å². The lowest BCUT2D eigenvalue weighted by atomic mass is 9.88. The number of hydrogen-bond donors (Lipinski definition) is 1. The van der Waals surface area contributed by atoms with E-state index >= 15 is 0 Å². The van der Waals surface area contributed by atoms with Gasteiger partial charge in [0.2, 0.25) is 11.8 Å². The summed E-state index contributed by atoms with van der Waals surface area (Å²) in [4.78, 5) is 26.5. The molecule has 0 heterocycles. The van der Waals surface area contributed by atoms with Gasteiger partial charge in [-0.1, -0.05) is 24.6 Å². The molecule has 0 aromatic heterocycles. The summed E-state index contributed by atoms with van der Waals surface area (Å²) >= 11 is 0. The van der Waals surface area contributed by atoms with Crippen LogP contribution in [0.1, 0.15) is 36.8 Å². The van der Waals surface area contributed by atoms with Crippen LogP contribution < -0.4 is 5.32 Å². The van der Waals surface area contributed by atoms with Crippen LogP contribution in [0.5, 0.6) is 0 Å². The Labute approximate surface area is 138 Å². The normalized spacial score (nSPS) is 25.4. The molecule has 2 saturated carbocycles. The van der Waals surface area contributed by atoms with Crippen LogP contribution in [0.15, 0.2) is 18.2 Å². The van der Waals surface area contributed by atoms with Gasteiger partial charge in [0.1, 0.15) is 0 Å². The van der Waals surface area contributed by atoms with E-state index in [0.29, 0.717) is 5.92 Å². The zero-order valence-electron chi connectivity index (χ0n) is 14.3. The Morgan fingerprint density at radius 1 is 1.17 bits per heavy atom. The van der Waals surface area contributed by atoms with Gasteiger partial charge in [0.15, 0.2) is 0 Å². The topological polar surface area (TPSA) is 49.4 Å². The minimum atomic E-state index is -0.124. The molecule has 1 aromatic rings. The lowest BCUT2D eigenvalue weighted by molar-refractivity contribution is -0.138. The summed E-state index contributed by atoms with van der Waals surface area (Å²) in [5.74, 6) is 1.46. The van der Waals surface area contributed by atoms with Crippen molar-refractivity contribution in [1.82, 2.24) is 4.90 Å². The van der Waals surface area contributed by atoms with Gasteiger partial charge in [0, 0.05) is 18.7 Å². The van der Waals surface area contributed by atoms with E-state index in [1.165, 1.54) is 19.3 Å². The van der Waals surface area contributed by atoms with E-state index in [4.69, 9.17) is 0 Å². The number of anilines is 1. The number of likely N-dealkylation sites (N-methyl/N-ethyl adjacent to an activating group) is 1. The molecule has 3 atom stereocenters. The van der Waals surface area contributed by atoms with Gasteiger partial charge in [-0.15, -0.1) is 0 Å². The number of para-hydroxylation sites is 1. The SMILES string of the molecule is Cc1cccc(C)c1NC(=O)CN(C)C(=O)C1CC2CCC1C2. The fourth-order valence-electron chi connectivity index (χ4n) is 4.31.